The van der Waals surface area contributed by atoms with Gasteiger partial charge in [0.15, 0.2) is 40.8 Å². The molecule has 4 aromatic carbocycles. The molecular formula is C49H44Cl2F2N2O8. The summed E-state index contributed by atoms with van der Waals surface area (Å²) in [5, 5.41) is 0.998. The number of halogens is 4. The fraction of sp³-hybridized carbons (Fsp3) is 0.245. The molecule has 2 aromatic heterocycles. The van der Waals surface area contributed by atoms with Crippen LogP contribution in [0.5, 0.6) is 11.5 Å². The second kappa shape index (κ2) is 20.2. The molecule has 0 saturated carbocycles. The summed E-state index contributed by atoms with van der Waals surface area (Å²) in [6, 6.07) is 24.5. The molecule has 0 aliphatic rings. The SMILES string of the molecule is COC(=O)C(CCOc1ccc(C(CC(=O)c2ccc(=O)n(C)c2)c2ccc(Cl)cc2C)cc1F)Oc1ccc(C(CC(=O)c2ccc(=O)n(C)c2)c2ccc(Cl)cc2C)cc1F. The number of aromatic nitrogens is 2. The van der Waals surface area contributed by atoms with Gasteiger partial charge in [0.05, 0.1) is 13.7 Å². The zero-order valence-corrected chi connectivity index (χ0v) is 36.6. The molecule has 6 rings (SSSR count). The lowest BCUT2D eigenvalue weighted by molar-refractivity contribution is -0.149. The van der Waals surface area contributed by atoms with E-state index in [1.165, 1.54) is 70.1 Å². The van der Waals surface area contributed by atoms with Crippen molar-refractivity contribution in [1.29, 1.82) is 0 Å². The number of methoxy groups -OCH3 is 1. The smallest absolute Gasteiger partial charge is 0.347 e. The summed E-state index contributed by atoms with van der Waals surface area (Å²) in [5.41, 5.74) is 4.12. The van der Waals surface area contributed by atoms with Crippen LogP contribution in [-0.2, 0) is 23.6 Å². The number of esters is 1. The van der Waals surface area contributed by atoms with Crippen LogP contribution in [0.2, 0.25) is 10.0 Å². The summed E-state index contributed by atoms with van der Waals surface area (Å²) in [6.45, 7) is 3.45. The van der Waals surface area contributed by atoms with E-state index in [4.69, 9.17) is 37.4 Å². The lowest BCUT2D eigenvalue weighted by Gasteiger charge is -2.22. The minimum atomic E-state index is -1.35. The topological polar surface area (TPSA) is 123 Å². The molecule has 2 heterocycles. The molecule has 14 heteroatoms. The van der Waals surface area contributed by atoms with Gasteiger partial charge in [0.1, 0.15) is 0 Å². The Kier molecular flexibility index (Phi) is 14.8. The van der Waals surface area contributed by atoms with Crippen molar-refractivity contribution in [3.63, 3.8) is 0 Å². The molecule has 0 fully saturated rings. The molecular weight excluding hydrogens is 853 g/mol. The Morgan fingerprint density at radius 2 is 1.10 bits per heavy atom. The third kappa shape index (κ3) is 11.2. The minimum Gasteiger partial charge on any atom is -0.490 e. The molecule has 0 aliphatic carbocycles. The van der Waals surface area contributed by atoms with Gasteiger partial charge in [-0.25, -0.2) is 13.6 Å². The van der Waals surface area contributed by atoms with Crippen LogP contribution in [0.4, 0.5) is 8.78 Å². The van der Waals surface area contributed by atoms with Crippen LogP contribution in [0.1, 0.15) is 85.2 Å². The van der Waals surface area contributed by atoms with Gasteiger partial charge in [0.2, 0.25) is 11.1 Å². The largest absolute Gasteiger partial charge is 0.490 e. The lowest BCUT2D eigenvalue weighted by atomic mass is 9.84. The van der Waals surface area contributed by atoms with Gasteiger partial charge < -0.3 is 23.3 Å². The van der Waals surface area contributed by atoms with Gasteiger partial charge >= 0.3 is 5.97 Å². The van der Waals surface area contributed by atoms with E-state index < -0.39 is 35.5 Å². The number of Topliss-reactive ketones (excluding diaryl/α,β-unsaturated/α-hetero) is 2. The molecule has 0 radical (unpaired) electrons. The van der Waals surface area contributed by atoms with E-state index in [9.17, 15) is 24.0 Å². The van der Waals surface area contributed by atoms with Crippen LogP contribution >= 0.6 is 23.2 Å². The Bertz CT molecular complexity index is 2820. The van der Waals surface area contributed by atoms with Gasteiger partial charge in [-0.2, -0.15) is 0 Å². The van der Waals surface area contributed by atoms with E-state index in [-0.39, 0.29) is 60.1 Å². The van der Waals surface area contributed by atoms with Crippen LogP contribution in [0, 0.1) is 25.5 Å². The second-order valence-corrected chi connectivity index (χ2v) is 16.1. The standard InChI is InChI=1S/C49H44Cl2F2N2O8/c1-28-20-34(50)10-12-36(28)38(24-42(56)32-8-16-47(58)54(3)26-32)30-6-14-44(40(52)22-30)62-19-18-46(49(60)61-5)63-45-15-7-31(23-41(45)53)39(37-13-11-35(51)21-29(37)2)25-43(57)33-9-17-48(59)55(4)27-33/h6-17,20-23,26-27,38-39,46H,18-19,24-25H2,1-5H3. The van der Waals surface area contributed by atoms with Gasteiger partial charge in [-0.1, -0.05) is 47.5 Å². The normalized spacial score (nSPS) is 12.6. The Morgan fingerprint density at radius 3 is 1.51 bits per heavy atom. The molecule has 3 atom stereocenters. The Morgan fingerprint density at radius 1 is 0.635 bits per heavy atom. The van der Waals surface area contributed by atoms with E-state index in [2.05, 4.69) is 0 Å². The molecule has 0 amide bonds. The number of nitrogens with zero attached hydrogens (tertiary/aromatic N) is 2. The Labute approximate surface area is 372 Å². The quantitative estimate of drug-likeness (QED) is 0.0656. The van der Waals surface area contributed by atoms with Gasteiger partial charge in [-0.05, 0) is 108 Å². The molecule has 63 heavy (non-hydrogen) atoms. The summed E-state index contributed by atoms with van der Waals surface area (Å²) in [4.78, 5) is 63.8. The molecule has 6 aromatic rings. The summed E-state index contributed by atoms with van der Waals surface area (Å²) in [7, 11) is 4.25. The van der Waals surface area contributed by atoms with Crippen LogP contribution in [0.15, 0.2) is 119 Å². The number of hydrogen-bond acceptors (Lipinski definition) is 8. The first-order valence-electron chi connectivity index (χ1n) is 19.9. The van der Waals surface area contributed by atoms with Crippen molar-refractivity contribution >= 4 is 40.7 Å². The van der Waals surface area contributed by atoms with E-state index in [1.807, 2.05) is 13.8 Å². The third-order valence-electron chi connectivity index (χ3n) is 10.9. The number of ether oxygens (including phenoxy) is 3. The highest BCUT2D eigenvalue weighted by atomic mass is 35.5. The number of benzene rings is 4. The monoisotopic (exact) mass is 896 g/mol. The van der Waals surface area contributed by atoms with Crippen LogP contribution in [0.3, 0.4) is 0 Å². The van der Waals surface area contributed by atoms with E-state index in [1.54, 1.807) is 62.6 Å². The number of rotatable bonds is 17. The number of aryl methyl sites for hydroxylation is 4. The van der Waals surface area contributed by atoms with Gasteiger partial charge in [0, 0.05) is 90.9 Å². The molecule has 0 aliphatic heterocycles. The molecule has 0 spiro atoms. The van der Waals surface area contributed by atoms with Crippen molar-refractivity contribution in [1.82, 2.24) is 9.13 Å². The molecule has 0 N–H and O–H groups in total. The highest BCUT2D eigenvalue weighted by Crippen LogP contribution is 2.37. The minimum absolute atomic E-state index is 0.0353. The van der Waals surface area contributed by atoms with Gasteiger partial charge in [-0.15, -0.1) is 0 Å². The number of pyridine rings is 2. The summed E-state index contributed by atoms with van der Waals surface area (Å²) < 4.78 is 50.9. The predicted octanol–water partition coefficient (Wildman–Crippen LogP) is 9.49. The fourth-order valence-corrected chi connectivity index (χ4v) is 7.92. The maximum absolute atomic E-state index is 16.0. The third-order valence-corrected chi connectivity index (χ3v) is 11.4. The molecule has 0 saturated heterocycles. The molecule has 0 bridgehead atoms. The summed E-state index contributed by atoms with van der Waals surface area (Å²) in [6.07, 6.45) is 1.32. The van der Waals surface area contributed by atoms with Crippen molar-refractivity contribution in [3.8, 4) is 11.5 Å². The van der Waals surface area contributed by atoms with E-state index in [0.29, 0.717) is 32.3 Å². The van der Waals surface area contributed by atoms with Crippen LogP contribution in [0.25, 0.3) is 0 Å². The first-order chi connectivity index (χ1) is 30.0. The number of carbonyl (C=O) groups excluding carboxylic acids is 3. The van der Waals surface area contributed by atoms with Crippen molar-refractivity contribution in [3.05, 3.63) is 196 Å². The lowest BCUT2D eigenvalue weighted by Crippen LogP contribution is -2.31. The Hall–Kier alpha value is -6.37. The number of hydrogen-bond donors (Lipinski definition) is 0. The summed E-state index contributed by atoms with van der Waals surface area (Å²) >= 11 is 12.5. The fourth-order valence-electron chi connectivity index (χ4n) is 7.46. The van der Waals surface area contributed by atoms with Crippen LogP contribution < -0.4 is 20.6 Å². The first kappa shape index (κ1) is 46.1. The molecule has 326 valence electrons. The maximum Gasteiger partial charge on any atom is 0.347 e. The van der Waals surface area contributed by atoms with E-state index in [0.717, 1.165) is 29.4 Å². The highest BCUT2D eigenvalue weighted by molar-refractivity contribution is 6.31. The van der Waals surface area contributed by atoms with Crippen molar-refractivity contribution < 1.29 is 37.4 Å². The van der Waals surface area contributed by atoms with Crippen molar-refractivity contribution in [2.75, 3.05) is 13.7 Å². The van der Waals surface area contributed by atoms with Crippen molar-refractivity contribution in [2.45, 2.75) is 51.0 Å². The Balaban J connectivity index is 1.18. The maximum atomic E-state index is 16.0. The van der Waals surface area contributed by atoms with Gasteiger partial charge in [0.25, 0.3) is 0 Å². The zero-order chi connectivity index (χ0) is 45.5. The average Bonchev–Trinajstić information content (AvgIpc) is 3.24. The molecule has 3 unspecified atom stereocenters. The number of carbonyl (C=O) groups is 3. The van der Waals surface area contributed by atoms with Crippen molar-refractivity contribution in [2.24, 2.45) is 14.1 Å². The highest BCUT2D eigenvalue weighted by Gasteiger charge is 2.27. The summed E-state index contributed by atoms with van der Waals surface area (Å²) in [5.74, 6) is -4.48. The average molecular weight is 898 g/mol. The van der Waals surface area contributed by atoms with Crippen LogP contribution in [-0.4, -0.2) is 46.5 Å². The zero-order valence-electron chi connectivity index (χ0n) is 35.1. The second-order valence-electron chi connectivity index (χ2n) is 15.2. The number of ketones is 2. The predicted molar refractivity (Wildman–Crippen MR) is 237 cm³/mol. The molecule has 10 nitrogen and oxygen atoms in total. The van der Waals surface area contributed by atoms with Gasteiger partial charge in [-0.3, -0.25) is 19.2 Å². The first-order valence-corrected chi connectivity index (χ1v) is 20.7. The van der Waals surface area contributed by atoms with E-state index >= 15 is 8.78 Å².